The Balaban J connectivity index is 2.11. The van der Waals surface area contributed by atoms with Crippen LogP contribution in [0.5, 0.6) is 5.75 Å². The Hall–Kier alpha value is -0.980. The van der Waals surface area contributed by atoms with Crippen molar-refractivity contribution in [1.82, 2.24) is 15.5 Å². The van der Waals surface area contributed by atoms with Crippen LogP contribution in [0, 0.1) is 0 Å². The zero-order chi connectivity index (χ0) is 11.4. The highest BCUT2D eigenvalue weighted by molar-refractivity contribution is 7.20. The van der Waals surface area contributed by atoms with Gasteiger partial charge in [0.2, 0.25) is 0 Å². The Morgan fingerprint density at radius 2 is 2.31 bits per heavy atom. The van der Waals surface area contributed by atoms with Gasteiger partial charge in [-0.1, -0.05) is 11.3 Å². The summed E-state index contributed by atoms with van der Waals surface area (Å²) in [7, 11) is 3.61. The molecule has 0 fully saturated rings. The standard InChI is InChI=1S/C10H13N3OS2/c1-11-4-3-9-12-13-10(16-9)8-5-7(14-2)6-15-8/h5-6,11H,3-4H2,1-2H3. The normalized spacial score (nSPS) is 10.6. The summed E-state index contributed by atoms with van der Waals surface area (Å²) in [6.45, 7) is 0.933. The van der Waals surface area contributed by atoms with Crippen LogP contribution in [0.4, 0.5) is 0 Å². The lowest BCUT2D eigenvalue weighted by molar-refractivity contribution is 0.417. The van der Waals surface area contributed by atoms with Crippen LogP contribution >= 0.6 is 22.7 Å². The molecule has 0 amide bonds. The van der Waals surface area contributed by atoms with Crippen LogP contribution in [-0.2, 0) is 6.42 Å². The van der Waals surface area contributed by atoms with Gasteiger partial charge in [0.05, 0.1) is 12.0 Å². The molecule has 0 aliphatic carbocycles. The summed E-state index contributed by atoms with van der Waals surface area (Å²) in [6, 6.07) is 1.99. The van der Waals surface area contributed by atoms with E-state index in [0.29, 0.717) is 0 Å². The van der Waals surface area contributed by atoms with Crippen LogP contribution in [0.2, 0.25) is 0 Å². The molecule has 4 nitrogen and oxygen atoms in total. The Morgan fingerprint density at radius 3 is 3.00 bits per heavy atom. The lowest BCUT2D eigenvalue weighted by Gasteiger charge is -1.91. The zero-order valence-corrected chi connectivity index (χ0v) is 10.8. The summed E-state index contributed by atoms with van der Waals surface area (Å²) in [5.41, 5.74) is 0. The third-order valence-corrected chi connectivity index (χ3v) is 4.14. The number of nitrogens with one attached hydrogen (secondary N) is 1. The maximum Gasteiger partial charge on any atom is 0.157 e. The van der Waals surface area contributed by atoms with E-state index in [1.165, 1.54) is 0 Å². The third kappa shape index (κ3) is 2.58. The molecule has 1 N–H and O–H groups in total. The lowest BCUT2D eigenvalue weighted by atomic mass is 10.4. The Bertz CT molecular complexity index is 452. The first kappa shape index (κ1) is 11.5. The van der Waals surface area contributed by atoms with Crippen molar-refractivity contribution in [3.8, 4) is 15.6 Å². The number of hydrogen-bond donors (Lipinski definition) is 1. The fourth-order valence-electron chi connectivity index (χ4n) is 1.22. The molecular formula is C10H13N3OS2. The van der Waals surface area contributed by atoms with Crippen LogP contribution in [0.15, 0.2) is 11.4 Å². The molecule has 2 aromatic rings. The van der Waals surface area contributed by atoms with Gasteiger partial charge in [-0.3, -0.25) is 0 Å². The highest BCUT2D eigenvalue weighted by Crippen LogP contribution is 2.32. The molecule has 0 saturated carbocycles. The van der Waals surface area contributed by atoms with Crippen molar-refractivity contribution in [2.24, 2.45) is 0 Å². The quantitative estimate of drug-likeness (QED) is 0.888. The summed E-state index contributed by atoms with van der Waals surface area (Å²) in [4.78, 5) is 1.12. The number of hydrogen-bond acceptors (Lipinski definition) is 6. The lowest BCUT2D eigenvalue weighted by Crippen LogP contribution is -2.09. The van der Waals surface area contributed by atoms with Gasteiger partial charge in [0.15, 0.2) is 5.01 Å². The SMILES string of the molecule is CNCCc1nnc(-c2cc(OC)cs2)s1. The summed E-state index contributed by atoms with van der Waals surface area (Å²) in [6.07, 6.45) is 0.927. The van der Waals surface area contributed by atoms with Crippen LogP contribution in [0.3, 0.4) is 0 Å². The molecular weight excluding hydrogens is 242 g/mol. The van der Waals surface area contributed by atoms with Gasteiger partial charge in [-0.05, 0) is 7.05 Å². The van der Waals surface area contributed by atoms with E-state index in [-0.39, 0.29) is 0 Å². The van der Waals surface area contributed by atoms with Gasteiger partial charge < -0.3 is 10.1 Å². The van der Waals surface area contributed by atoms with E-state index >= 15 is 0 Å². The molecule has 0 aromatic carbocycles. The van der Waals surface area contributed by atoms with Gasteiger partial charge in [-0.15, -0.1) is 21.5 Å². The molecule has 0 atom stereocenters. The Morgan fingerprint density at radius 1 is 1.44 bits per heavy atom. The fraction of sp³-hybridized carbons (Fsp3) is 0.400. The Labute approximate surface area is 102 Å². The first-order valence-electron chi connectivity index (χ1n) is 4.93. The highest BCUT2D eigenvalue weighted by atomic mass is 32.1. The van der Waals surface area contributed by atoms with Crippen LogP contribution < -0.4 is 10.1 Å². The average Bonchev–Trinajstić information content (AvgIpc) is 2.94. The summed E-state index contributed by atoms with van der Waals surface area (Å²) >= 11 is 3.27. The van der Waals surface area contributed by atoms with Gasteiger partial charge >= 0.3 is 0 Å². The molecule has 0 radical (unpaired) electrons. The third-order valence-electron chi connectivity index (χ3n) is 2.08. The van der Waals surface area contributed by atoms with Crippen molar-refractivity contribution in [3.05, 3.63) is 16.5 Å². The van der Waals surface area contributed by atoms with Gasteiger partial charge in [0.25, 0.3) is 0 Å². The average molecular weight is 255 g/mol. The maximum absolute atomic E-state index is 5.14. The largest absolute Gasteiger partial charge is 0.496 e. The van der Waals surface area contributed by atoms with Gasteiger partial charge in [0, 0.05) is 24.4 Å². The number of likely N-dealkylation sites (N-methyl/N-ethyl adjacent to an activating group) is 1. The van der Waals surface area contributed by atoms with Crippen molar-refractivity contribution in [2.45, 2.75) is 6.42 Å². The van der Waals surface area contributed by atoms with E-state index in [1.54, 1.807) is 29.8 Å². The number of ether oxygens (including phenoxy) is 1. The second-order valence-corrected chi connectivity index (χ2v) is 5.18. The number of nitrogens with zero attached hydrogens (tertiary/aromatic N) is 2. The van der Waals surface area contributed by atoms with E-state index in [9.17, 15) is 0 Å². The van der Waals surface area contributed by atoms with Gasteiger partial charge in [-0.2, -0.15) is 0 Å². The molecule has 0 spiro atoms. The second-order valence-electron chi connectivity index (χ2n) is 3.21. The predicted octanol–water partition coefficient (Wildman–Crippen LogP) is 2.04. The minimum absolute atomic E-state index is 0.881. The first-order chi connectivity index (χ1) is 7.83. The number of rotatable bonds is 5. The smallest absolute Gasteiger partial charge is 0.157 e. The maximum atomic E-state index is 5.14. The molecule has 16 heavy (non-hydrogen) atoms. The summed E-state index contributed by atoms with van der Waals surface area (Å²) in [5, 5.41) is 15.5. The number of thiophene rings is 1. The van der Waals surface area contributed by atoms with E-state index in [2.05, 4.69) is 15.5 Å². The van der Waals surface area contributed by atoms with E-state index in [0.717, 1.165) is 33.6 Å². The van der Waals surface area contributed by atoms with Crippen LogP contribution in [0.25, 0.3) is 9.88 Å². The van der Waals surface area contributed by atoms with Crippen molar-refractivity contribution >= 4 is 22.7 Å². The summed E-state index contributed by atoms with van der Waals surface area (Å²) < 4.78 is 5.14. The molecule has 86 valence electrons. The molecule has 0 aliphatic rings. The fourth-order valence-corrected chi connectivity index (χ4v) is 2.98. The molecule has 0 bridgehead atoms. The molecule has 6 heteroatoms. The first-order valence-corrected chi connectivity index (χ1v) is 6.63. The van der Waals surface area contributed by atoms with Gasteiger partial charge in [0.1, 0.15) is 10.8 Å². The minimum Gasteiger partial charge on any atom is -0.496 e. The molecule has 0 unspecified atom stereocenters. The van der Waals surface area contributed by atoms with E-state index in [4.69, 9.17) is 4.74 Å². The monoisotopic (exact) mass is 255 g/mol. The molecule has 0 aliphatic heterocycles. The number of methoxy groups -OCH3 is 1. The van der Waals surface area contributed by atoms with Crippen molar-refractivity contribution in [1.29, 1.82) is 0 Å². The molecule has 0 saturated heterocycles. The van der Waals surface area contributed by atoms with Crippen molar-refractivity contribution in [2.75, 3.05) is 20.7 Å². The molecule has 2 heterocycles. The minimum atomic E-state index is 0.881. The zero-order valence-electron chi connectivity index (χ0n) is 9.19. The van der Waals surface area contributed by atoms with Crippen LogP contribution in [0.1, 0.15) is 5.01 Å². The predicted molar refractivity (Wildman–Crippen MR) is 67.4 cm³/mol. The van der Waals surface area contributed by atoms with Crippen molar-refractivity contribution < 1.29 is 4.74 Å². The molecule has 2 rings (SSSR count). The second kappa shape index (κ2) is 5.38. The summed E-state index contributed by atoms with van der Waals surface area (Å²) in [5.74, 6) is 0.881. The highest BCUT2D eigenvalue weighted by Gasteiger charge is 2.09. The van der Waals surface area contributed by atoms with Crippen molar-refractivity contribution in [3.63, 3.8) is 0 Å². The molecule has 2 aromatic heterocycles. The van der Waals surface area contributed by atoms with Crippen LogP contribution in [-0.4, -0.2) is 30.9 Å². The number of aromatic nitrogens is 2. The van der Waals surface area contributed by atoms with E-state index < -0.39 is 0 Å². The Kier molecular flexibility index (Phi) is 3.87. The van der Waals surface area contributed by atoms with E-state index in [1.807, 2.05) is 18.5 Å². The topological polar surface area (TPSA) is 47.0 Å². The van der Waals surface area contributed by atoms with Gasteiger partial charge in [-0.25, -0.2) is 0 Å².